The lowest BCUT2D eigenvalue weighted by molar-refractivity contribution is -0.159. The van der Waals surface area contributed by atoms with Crippen molar-refractivity contribution in [2.45, 2.75) is 64.1 Å². The third-order valence-electron chi connectivity index (χ3n) is 5.86. The van der Waals surface area contributed by atoms with Crippen LogP contribution in [0.4, 0.5) is 5.82 Å². The van der Waals surface area contributed by atoms with Crippen LogP contribution < -0.4 is 39.3 Å². The van der Waals surface area contributed by atoms with Crippen LogP contribution in [-0.2, 0) is 19.1 Å². The minimum Gasteiger partial charge on any atom is -0.479 e. The summed E-state index contributed by atoms with van der Waals surface area (Å²) in [6.07, 6.45) is 2.25. The maximum Gasteiger partial charge on any atom is 0.351 e. The van der Waals surface area contributed by atoms with Gasteiger partial charge in [-0.05, 0) is 36.8 Å². The lowest BCUT2D eigenvalue weighted by Crippen LogP contribution is -2.58. The summed E-state index contributed by atoms with van der Waals surface area (Å²) in [5, 5.41) is 15.1. The third-order valence-corrected chi connectivity index (χ3v) is 5.86. The number of carbonyl (C=O) groups excluding carboxylic acids is 2. The van der Waals surface area contributed by atoms with Gasteiger partial charge in [-0.2, -0.15) is 4.98 Å². The molecule has 0 saturated carbocycles. The average molecular weight is 536 g/mol. The molecule has 38 heavy (non-hydrogen) atoms. The Balaban J connectivity index is 2.25. The molecule has 0 fully saturated rings. The number of guanidine groups is 1. The van der Waals surface area contributed by atoms with E-state index in [0.29, 0.717) is 12.8 Å². The molecular formula is C23H37N9O6. The summed E-state index contributed by atoms with van der Waals surface area (Å²) in [7, 11) is 0. The van der Waals surface area contributed by atoms with Crippen molar-refractivity contribution in [2.24, 2.45) is 34.0 Å². The van der Waals surface area contributed by atoms with Crippen molar-refractivity contribution in [1.82, 2.24) is 20.2 Å². The smallest absolute Gasteiger partial charge is 0.351 e. The molecule has 0 radical (unpaired) electrons. The zero-order valence-corrected chi connectivity index (χ0v) is 21.6. The normalized spacial score (nSPS) is 21.2. The Bertz CT molecular complexity index is 1110. The first-order valence-electron chi connectivity index (χ1n) is 12.1. The number of aliphatic imine (C=N–C) groups is 1. The highest BCUT2D eigenvalue weighted by molar-refractivity contribution is 5.90. The number of amides is 2. The molecule has 1 aliphatic heterocycles. The van der Waals surface area contributed by atoms with Crippen molar-refractivity contribution in [2.75, 3.05) is 12.3 Å². The predicted molar refractivity (Wildman–Crippen MR) is 139 cm³/mol. The Morgan fingerprint density at radius 1 is 1.21 bits per heavy atom. The number of nitrogen functional groups attached to an aromatic ring is 1. The summed E-state index contributed by atoms with van der Waals surface area (Å²) in [6, 6.07) is -1.65. The first-order chi connectivity index (χ1) is 17.8. The molecule has 1 unspecified atom stereocenters. The molecule has 1 aromatic heterocycles. The van der Waals surface area contributed by atoms with Crippen LogP contribution in [0.5, 0.6) is 0 Å². The van der Waals surface area contributed by atoms with Gasteiger partial charge in [0.25, 0.3) is 0 Å². The number of carbonyl (C=O) groups is 3. The number of nitrogens with two attached hydrogens (primary N) is 4. The zero-order chi connectivity index (χ0) is 28.6. The molecule has 2 rings (SSSR count). The van der Waals surface area contributed by atoms with E-state index in [0.717, 1.165) is 4.57 Å². The molecule has 2 amide bonds. The molecule has 2 heterocycles. The Morgan fingerprint density at radius 2 is 1.89 bits per heavy atom. The number of nitrogens with zero attached hydrogens (tertiary/aromatic N) is 3. The van der Waals surface area contributed by atoms with E-state index < -0.39 is 59.8 Å². The van der Waals surface area contributed by atoms with Gasteiger partial charge in [0.2, 0.25) is 11.8 Å². The van der Waals surface area contributed by atoms with Gasteiger partial charge in [-0.25, -0.2) is 9.59 Å². The van der Waals surface area contributed by atoms with E-state index in [-0.39, 0.29) is 24.2 Å². The highest BCUT2D eigenvalue weighted by Crippen LogP contribution is 2.21. The quantitative estimate of drug-likeness (QED) is 0.0875. The molecule has 0 aliphatic carbocycles. The van der Waals surface area contributed by atoms with Gasteiger partial charge in [0.1, 0.15) is 11.9 Å². The molecular weight excluding hydrogens is 498 g/mol. The summed E-state index contributed by atoms with van der Waals surface area (Å²) in [5.74, 6) is -2.95. The van der Waals surface area contributed by atoms with Crippen molar-refractivity contribution in [3.05, 3.63) is 34.9 Å². The molecule has 1 aromatic rings. The average Bonchev–Trinajstić information content (AvgIpc) is 2.81. The molecule has 0 aromatic carbocycles. The van der Waals surface area contributed by atoms with Crippen LogP contribution in [0.25, 0.3) is 0 Å². The second-order valence-electron chi connectivity index (χ2n) is 9.54. The summed E-state index contributed by atoms with van der Waals surface area (Å²) < 4.78 is 6.65. The number of rotatable bonds is 12. The lowest BCUT2D eigenvalue weighted by Gasteiger charge is -2.33. The van der Waals surface area contributed by atoms with Gasteiger partial charge in [0.05, 0.1) is 12.1 Å². The van der Waals surface area contributed by atoms with E-state index in [4.69, 9.17) is 27.7 Å². The van der Waals surface area contributed by atoms with Crippen LogP contribution in [0, 0.1) is 11.8 Å². The van der Waals surface area contributed by atoms with E-state index in [1.165, 1.54) is 24.4 Å². The van der Waals surface area contributed by atoms with Crippen molar-refractivity contribution in [3.63, 3.8) is 0 Å². The minimum absolute atomic E-state index is 0.00104. The minimum atomic E-state index is -1.55. The molecule has 6 atom stereocenters. The van der Waals surface area contributed by atoms with Crippen LogP contribution >= 0.6 is 0 Å². The number of aromatic nitrogens is 2. The summed E-state index contributed by atoms with van der Waals surface area (Å²) in [5.41, 5.74) is 21.5. The standard InChI is InChI=1S/C23H37N9O6/c1-11(2)10-13(24)19(33)31-17(12(3)6-8-28-22(26)27)20(34)29-14-4-5-16(38-18(14)21(35)36)32-9-7-15(25)30-23(32)37/h4-5,7,9,11-14,16-18H,6,8,10,24H2,1-3H3,(H,29,34)(H,31,33)(H,35,36)(H2,25,30,37)(H4,26,27,28)/t12?,13-,14-,16+,17-,18-/m0/s1. The van der Waals surface area contributed by atoms with Gasteiger partial charge in [-0.15, -0.1) is 0 Å². The first kappa shape index (κ1) is 30.2. The van der Waals surface area contributed by atoms with Gasteiger partial charge in [-0.3, -0.25) is 19.1 Å². The molecule has 0 bridgehead atoms. The summed E-state index contributed by atoms with van der Waals surface area (Å²) in [6.45, 7) is 5.76. The van der Waals surface area contributed by atoms with Gasteiger partial charge in [0, 0.05) is 12.7 Å². The monoisotopic (exact) mass is 535 g/mol. The Hall–Kier alpha value is -3.98. The molecule has 15 heteroatoms. The fraction of sp³-hybridized carbons (Fsp3) is 0.565. The zero-order valence-electron chi connectivity index (χ0n) is 21.6. The van der Waals surface area contributed by atoms with Crippen molar-refractivity contribution >= 4 is 29.6 Å². The number of hydrogen-bond donors (Lipinski definition) is 7. The van der Waals surface area contributed by atoms with Crippen LogP contribution in [0.3, 0.4) is 0 Å². The maximum atomic E-state index is 13.3. The van der Waals surface area contributed by atoms with Gasteiger partial charge < -0.3 is 43.4 Å². The lowest BCUT2D eigenvalue weighted by atomic mass is 9.95. The van der Waals surface area contributed by atoms with E-state index in [9.17, 15) is 24.3 Å². The van der Waals surface area contributed by atoms with E-state index in [2.05, 4.69) is 20.6 Å². The fourth-order valence-corrected chi connectivity index (χ4v) is 3.87. The van der Waals surface area contributed by atoms with E-state index >= 15 is 0 Å². The number of carboxylic acid groups (broad SMARTS) is 1. The molecule has 15 nitrogen and oxygen atoms in total. The van der Waals surface area contributed by atoms with Crippen LogP contribution in [-0.4, -0.2) is 69.2 Å². The summed E-state index contributed by atoms with van der Waals surface area (Å²) >= 11 is 0. The first-order valence-corrected chi connectivity index (χ1v) is 12.1. The largest absolute Gasteiger partial charge is 0.479 e. The third kappa shape index (κ3) is 8.55. The molecule has 0 spiro atoms. The van der Waals surface area contributed by atoms with Crippen LogP contribution in [0.15, 0.2) is 34.2 Å². The molecule has 210 valence electrons. The number of hydrogen-bond acceptors (Lipinski definition) is 9. The van der Waals surface area contributed by atoms with Gasteiger partial charge >= 0.3 is 11.7 Å². The Morgan fingerprint density at radius 3 is 2.47 bits per heavy atom. The Kier molecular flexibility index (Phi) is 10.8. The number of aliphatic carboxylic acids is 1. The topological polar surface area (TPSA) is 256 Å². The van der Waals surface area contributed by atoms with E-state index in [1.807, 2.05) is 13.8 Å². The highest BCUT2D eigenvalue weighted by Gasteiger charge is 2.37. The molecule has 0 saturated heterocycles. The second kappa shape index (κ2) is 13.5. The number of anilines is 1. The molecule has 11 N–H and O–H groups in total. The van der Waals surface area contributed by atoms with Crippen LogP contribution in [0.2, 0.25) is 0 Å². The number of ether oxygens (including phenoxy) is 1. The Labute approximate surface area is 219 Å². The summed E-state index contributed by atoms with van der Waals surface area (Å²) in [4.78, 5) is 57.7. The van der Waals surface area contributed by atoms with Gasteiger partial charge in [0.15, 0.2) is 18.3 Å². The number of nitrogens with one attached hydrogen (secondary N) is 2. The maximum absolute atomic E-state index is 13.3. The van der Waals surface area contributed by atoms with Gasteiger partial charge in [-0.1, -0.05) is 26.8 Å². The fourth-order valence-electron chi connectivity index (χ4n) is 3.87. The predicted octanol–water partition coefficient (Wildman–Crippen LogP) is -1.99. The van der Waals surface area contributed by atoms with Crippen molar-refractivity contribution < 1.29 is 24.2 Å². The van der Waals surface area contributed by atoms with Crippen molar-refractivity contribution in [3.8, 4) is 0 Å². The van der Waals surface area contributed by atoms with Crippen LogP contribution in [0.1, 0.15) is 39.8 Å². The SMILES string of the molecule is CC(C)C[C@H](N)C(=O)N[C@H](C(=O)N[C@H]1C=C[C@H](n2ccc(N)nc2=O)O[C@@H]1C(=O)O)C(C)CCN=C(N)N. The van der Waals surface area contributed by atoms with E-state index in [1.54, 1.807) is 6.92 Å². The number of carboxylic acids is 1. The highest BCUT2D eigenvalue weighted by atomic mass is 16.5. The second-order valence-corrected chi connectivity index (χ2v) is 9.54. The van der Waals surface area contributed by atoms with Crippen molar-refractivity contribution in [1.29, 1.82) is 0 Å². The molecule has 1 aliphatic rings.